The number of hydrogen-bond acceptors (Lipinski definition) is 7. The van der Waals surface area contributed by atoms with E-state index in [4.69, 9.17) is 4.74 Å². The highest BCUT2D eigenvalue weighted by atomic mass is 16.6. The number of aromatic nitrogens is 1. The van der Waals surface area contributed by atoms with E-state index < -0.39 is 10.8 Å². The zero-order valence-electron chi connectivity index (χ0n) is 16.0. The molecule has 2 saturated heterocycles. The minimum absolute atomic E-state index is 0.103. The van der Waals surface area contributed by atoms with Crippen LogP contribution in [-0.2, 0) is 4.74 Å². The molecule has 0 aliphatic carbocycles. The lowest BCUT2D eigenvalue weighted by molar-refractivity contribution is -0.384. The fourth-order valence-electron chi connectivity index (χ4n) is 3.71. The van der Waals surface area contributed by atoms with Gasteiger partial charge in [0.2, 0.25) is 0 Å². The van der Waals surface area contributed by atoms with Crippen molar-refractivity contribution in [2.45, 2.75) is 12.8 Å². The summed E-state index contributed by atoms with van der Waals surface area (Å²) < 4.78 is 5.36. The maximum Gasteiger partial charge on any atom is 0.270 e. The Bertz CT molecular complexity index is 890. The molecule has 29 heavy (non-hydrogen) atoms. The first kappa shape index (κ1) is 19.1. The highest BCUT2D eigenvalue weighted by molar-refractivity contribution is 6.08. The first-order chi connectivity index (χ1) is 14.1. The topological polar surface area (TPSA) is 101 Å². The quantitative estimate of drug-likeness (QED) is 0.611. The van der Waals surface area contributed by atoms with Gasteiger partial charge in [-0.3, -0.25) is 14.9 Å². The average Bonchev–Trinajstić information content (AvgIpc) is 3.29. The zero-order chi connectivity index (χ0) is 20.2. The van der Waals surface area contributed by atoms with Crippen LogP contribution in [0.25, 0.3) is 0 Å². The molecule has 0 unspecified atom stereocenters. The molecular weight excluding hydrogens is 374 g/mol. The van der Waals surface area contributed by atoms with Crippen molar-refractivity contribution in [2.75, 3.05) is 54.5 Å². The van der Waals surface area contributed by atoms with Crippen molar-refractivity contribution < 1.29 is 14.5 Å². The summed E-state index contributed by atoms with van der Waals surface area (Å²) in [5.41, 5.74) is 1.88. The smallest absolute Gasteiger partial charge is 0.270 e. The number of carbonyl (C=O) groups is 1. The van der Waals surface area contributed by atoms with E-state index in [-0.39, 0.29) is 5.69 Å². The predicted molar refractivity (Wildman–Crippen MR) is 110 cm³/mol. The number of ether oxygens (including phenoxy) is 1. The number of carbonyl (C=O) groups excluding carboxylic acids is 1. The van der Waals surface area contributed by atoms with E-state index in [9.17, 15) is 14.9 Å². The number of nitrogens with one attached hydrogen (secondary N) is 1. The van der Waals surface area contributed by atoms with Crippen LogP contribution in [0.15, 0.2) is 36.5 Å². The molecule has 152 valence electrons. The van der Waals surface area contributed by atoms with Crippen LogP contribution >= 0.6 is 0 Å². The second kappa shape index (κ2) is 8.44. The normalized spacial score (nSPS) is 16.7. The summed E-state index contributed by atoms with van der Waals surface area (Å²) in [5, 5.41) is 14.0. The van der Waals surface area contributed by atoms with Crippen LogP contribution in [0.3, 0.4) is 0 Å². The van der Waals surface area contributed by atoms with Crippen molar-refractivity contribution in [3.05, 3.63) is 52.2 Å². The molecule has 1 aromatic heterocycles. The van der Waals surface area contributed by atoms with Crippen LogP contribution in [0.1, 0.15) is 23.2 Å². The minimum atomic E-state index is -0.486. The van der Waals surface area contributed by atoms with Crippen molar-refractivity contribution in [2.24, 2.45) is 0 Å². The number of benzene rings is 1. The summed E-state index contributed by atoms with van der Waals surface area (Å²) in [7, 11) is 0. The molecule has 0 radical (unpaired) electrons. The molecule has 2 fully saturated rings. The lowest BCUT2D eigenvalue weighted by Gasteiger charge is -2.28. The Morgan fingerprint density at radius 3 is 2.48 bits per heavy atom. The van der Waals surface area contributed by atoms with Crippen LogP contribution in [0.4, 0.5) is 22.9 Å². The largest absolute Gasteiger partial charge is 0.378 e. The van der Waals surface area contributed by atoms with E-state index in [1.165, 1.54) is 12.1 Å². The number of morpholine rings is 1. The van der Waals surface area contributed by atoms with Crippen molar-refractivity contribution >= 4 is 28.8 Å². The van der Waals surface area contributed by atoms with Crippen LogP contribution in [0.5, 0.6) is 0 Å². The molecule has 9 heteroatoms. The van der Waals surface area contributed by atoms with E-state index in [1.54, 1.807) is 18.3 Å². The van der Waals surface area contributed by atoms with Crippen LogP contribution in [-0.4, -0.2) is 55.2 Å². The molecule has 2 aliphatic heterocycles. The number of nitro groups is 1. The van der Waals surface area contributed by atoms with E-state index >= 15 is 0 Å². The number of pyridine rings is 1. The Morgan fingerprint density at radius 2 is 1.83 bits per heavy atom. The fraction of sp³-hybridized carbons (Fsp3) is 0.400. The van der Waals surface area contributed by atoms with Gasteiger partial charge in [-0.1, -0.05) is 0 Å². The summed E-state index contributed by atoms with van der Waals surface area (Å²) in [5.74, 6) is 0.00751. The number of nitrogens with zero attached hydrogens (tertiary/aromatic N) is 4. The summed E-state index contributed by atoms with van der Waals surface area (Å²) in [4.78, 5) is 32.2. The summed E-state index contributed by atoms with van der Waals surface area (Å²) in [6, 6.07) is 8.09. The zero-order valence-corrected chi connectivity index (χ0v) is 16.0. The SMILES string of the molecule is O=C(Nc1ccc(N2CCOCC2)cn1)c1cc([N+](=O)[O-])ccc1N1CCCC1. The molecule has 1 amide bonds. The lowest BCUT2D eigenvalue weighted by atomic mass is 10.1. The van der Waals surface area contributed by atoms with Gasteiger partial charge in [0.15, 0.2) is 0 Å². The third-order valence-electron chi connectivity index (χ3n) is 5.25. The molecule has 4 rings (SSSR count). The second-order valence-electron chi connectivity index (χ2n) is 7.11. The van der Waals surface area contributed by atoms with Gasteiger partial charge in [-0.25, -0.2) is 4.98 Å². The Hall–Kier alpha value is -3.20. The molecule has 2 aliphatic rings. The highest BCUT2D eigenvalue weighted by Crippen LogP contribution is 2.29. The lowest BCUT2D eigenvalue weighted by Crippen LogP contribution is -2.36. The van der Waals surface area contributed by atoms with E-state index in [0.29, 0.717) is 24.6 Å². The standard InChI is InChI=1S/C20H23N5O4/c26-20(22-19-6-4-16(14-21-19)23-9-11-29-12-10-23)17-13-15(25(27)28)3-5-18(17)24-7-1-2-8-24/h3-6,13-14H,1-2,7-12H2,(H,21,22,26). The van der Waals surface area contributed by atoms with Crippen molar-refractivity contribution in [1.82, 2.24) is 4.98 Å². The maximum absolute atomic E-state index is 12.9. The summed E-state index contributed by atoms with van der Waals surface area (Å²) >= 11 is 0. The van der Waals surface area contributed by atoms with Crippen LogP contribution in [0, 0.1) is 10.1 Å². The number of anilines is 3. The van der Waals surface area contributed by atoms with Gasteiger partial charge in [0, 0.05) is 38.3 Å². The van der Waals surface area contributed by atoms with Gasteiger partial charge >= 0.3 is 0 Å². The monoisotopic (exact) mass is 397 g/mol. The van der Waals surface area contributed by atoms with Crippen molar-refractivity contribution in [3.8, 4) is 0 Å². The van der Waals surface area contributed by atoms with Gasteiger partial charge in [0.25, 0.3) is 11.6 Å². The highest BCUT2D eigenvalue weighted by Gasteiger charge is 2.23. The first-order valence-corrected chi connectivity index (χ1v) is 9.75. The summed E-state index contributed by atoms with van der Waals surface area (Å²) in [6.45, 7) is 4.66. The molecule has 0 spiro atoms. The van der Waals surface area contributed by atoms with E-state index in [0.717, 1.165) is 50.4 Å². The van der Waals surface area contributed by atoms with Crippen LogP contribution in [0.2, 0.25) is 0 Å². The number of hydrogen-bond donors (Lipinski definition) is 1. The molecule has 0 bridgehead atoms. The molecule has 2 aromatic rings. The van der Waals surface area contributed by atoms with Crippen LogP contribution < -0.4 is 15.1 Å². The molecule has 3 heterocycles. The third-order valence-corrected chi connectivity index (χ3v) is 5.25. The van der Waals surface area contributed by atoms with Gasteiger partial charge < -0.3 is 19.9 Å². The van der Waals surface area contributed by atoms with Gasteiger partial charge in [-0.05, 0) is 31.0 Å². The van der Waals surface area contributed by atoms with Crippen molar-refractivity contribution in [3.63, 3.8) is 0 Å². The fourth-order valence-corrected chi connectivity index (χ4v) is 3.71. The predicted octanol–water partition coefficient (Wildman–Crippen LogP) is 2.68. The molecule has 1 aromatic carbocycles. The van der Waals surface area contributed by atoms with Crippen molar-refractivity contribution in [1.29, 1.82) is 0 Å². The minimum Gasteiger partial charge on any atom is -0.378 e. The molecule has 1 N–H and O–H groups in total. The Labute approximate surface area is 168 Å². The average molecular weight is 397 g/mol. The maximum atomic E-state index is 12.9. The molecule has 0 atom stereocenters. The molecular formula is C20H23N5O4. The van der Waals surface area contributed by atoms with Gasteiger partial charge in [-0.2, -0.15) is 0 Å². The Kier molecular flexibility index (Phi) is 5.57. The Morgan fingerprint density at radius 1 is 1.07 bits per heavy atom. The number of nitro benzene ring substituents is 1. The first-order valence-electron chi connectivity index (χ1n) is 9.75. The molecule has 0 saturated carbocycles. The summed E-state index contributed by atoms with van der Waals surface area (Å²) in [6.07, 6.45) is 3.81. The number of rotatable bonds is 5. The van der Waals surface area contributed by atoms with Gasteiger partial charge in [0.05, 0.1) is 41.3 Å². The van der Waals surface area contributed by atoms with E-state index in [2.05, 4.69) is 20.1 Å². The van der Waals surface area contributed by atoms with Gasteiger partial charge in [0.1, 0.15) is 5.82 Å². The van der Waals surface area contributed by atoms with E-state index in [1.807, 2.05) is 6.07 Å². The molecule has 9 nitrogen and oxygen atoms in total. The third kappa shape index (κ3) is 4.29. The Balaban J connectivity index is 1.54. The number of non-ortho nitro benzene ring substituents is 1. The second-order valence-corrected chi connectivity index (χ2v) is 7.11. The van der Waals surface area contributed by atoms with Gasteiger partial charge in [-0.15, -0.1) is 0 Å². The number of amides is 1.